The van der Waals surface area contributed by atoms with Crippen LogP contribution in [0.25, 0.3) is 0 Å². The number of aliphatic imine (C=N–C) groups is 2. The molecule has 0 aromatic carbocycles. The SMILES string of the molecule is C1CCC2(C1)CN=NC2.CCN=C(N)SC.CCN=C(N)[N+]1=NCC2(CCCC2)C1.I. The van der Waals surface area contributed by atoms with Crippen LogP contribution in [0.1, 0.15) is 65.2 Å². The molecule has 0 saturated heterocycles. The molecule has 4 rings (SSSR count). The molecule has 0 radical (unpaired) electrons. The number of rotatable bonds is 2. The van der Waals surface area contributed by atoms with Gasteiger partial charge in [0.05, 0.1) is 19.6 Å². The van der Waals surface area contributed by atoms with Crippen LogP contribution >= 0.6 is 35.7 Å². The molecule has 0 aromatic rings. The lowest BCUT2D eigenvalue weighted by Gasteiger charge is -2.17. The van der Waals surface area contributed by atoms with E-state index in [1.807, 2.05) is 24.8 Å². The summed E-state index contributed by atoms with van der Waals surface area (Å²) in [6.45, 7) is 9.46. The summed E-state index contributed by atoms with van der Waals surface area (Å²) in [6.07, 6.45) is 12.8. The lowest BCUT2D eigenvalue weighted by atomic mass is 9.87. The minimum Gasteiger partial charge on any atom is -0.379 e. The van der Waals surface area contributed by atoms with Gasteiger partial charge in [-0.3, -0.25) is 10.7 Å². The van der Waals surface area contributed by atoms with E-state index in [0.29, 0.717) is 22.0 Å². The molecule has 2 saturated carbocycles. The second-order valence-electron chi connectivity index (χ2n) is 8.72. The van der Waals surface area contributed by atoms with Crippen molar-refractivity contribution in [1.29, 1.82) is 0 Å². The molecule has 4 aliphatic rings. The van der Waals surface area contributed by atoms with Crippen molar-refractivity contribution < 1.29 is 4.70 Å². The van der Waals surface area contributed by atoms with Gasteiger partial charge in [0.2, 0.25) is 0 Å². The first-order chi connectivity index (χ1) is 14.5. The first-order valence-corrected chi connectivity index (χ1v) is 12.6. The highest BCUT2D eigenvalue weighted by molar-refractivity contribution is 14.0. The summed E-state index contributed by atoms with van der Waals surface area (Å²) < 4.78 is 1.90. The molecule has 31 heavy (non-hydrogen) atoms. The third-order valence-corrected chi connectivity index (χ3v) is 6.96. The Morgan fingerprint density at radius 1 is 0.871 bits per heavy atom. The number of nitrogens with two attached hydrogens (primary N) is 2. The number of hydrogen-bond donors (Lipinski definition) is 2. The van der Waals surface area contributed by atoms with Crippen molar-refractivity contribution in [3.05, 3.63) is 0 Å². The molecular formula is C21H42IN8S+. The highest BCUT2D eigenvalue weighted by Gasteiger charge is 2.41. The second-order valence-corrected chi connectivity index (χ2v) is 9.55. The van der Waals surface area contributed by atoms with Gasteiger partial charge in [-0.1, -0.05) is 37.4 Å². The summed E-state index contributed by atoms with van der Waals surface area (Å²) in [4.78, 5) is 8.09. The fraction of sp³-hybridized carbons (Fsp3) is 0.905. The van der Waals surface area contributed by atoms with Crippen LogP contribution in [0.4, 0.5) is 0 Å². The van der Waals surface area contributed by atoms with Gasteiger partial charge in [0, 0.05) is 17.4 Å². The standard InChI is InChI=1S/C10H19N4.C7H12N2.C4H10N2S.HI/c1-2-12-9(11)14-8-10(7-13-14)5-3-4-6-10;1-2-4-7(3-1)5-8-9-6-7;1-3-6-4(5)7-2;/h2-8H2,1H3,(H2,11,12);1-6H2;3H2,1-2H3,(H2,5,6);1H/q+1;;;. The number of thioether (sulfide) groups is 1. The molecule has 2 heterocycles. The summed E-state index contributed by atoms with van der Waals surface area (Å²) in [6, 6.07) is 0. The van der Waals surface area contributed by atoms with E-state index >= 15 is 0 Å². The Bertz CT molecular complexity index is 640. The topological polar surface area (TPSA) is 117 Å². The molecule has 0 amide bonds. The highest BCUT2D eigenvalue weighted by Crippen LogP contribution is 2.41. The molecule has 2 fully saturated rings. The zero-order valence-electron chi connectivity index (χ0n) is 19.6. The Labute approximate surface area is 209 Å². The lowest BCUT2D eigenvalue weighted by Crippen LogP contribution is -2.32. The molecule has 8 nitrogen and oxygen atoms in total. The molecule has 4 N–H and O–H groups in total. The van der Waals surface area contributed by atoms with E-state index in [4.69, 9.17) is 11.5 Å². The fourth-order valence-corrected chi connectivity index (χ4v) is 4.86. The largest absolute Gasteiger partial charge is 0.403 e. The van der Waals surface area contributed by atoms with Gasteiger partial charge in [-0.2, -0.15) is 10.2 Å². The third kappa shape index (κ3) is 8.94. The van der Waals surface area contributed by atoms with E-state index < -0.39 is 0 Å². The zero-order valence-corrected chi connectivity index (χ0v) is 22.7. The van der Waals surface area contributed by atoms with E-state index in [1.165, 1.54) is 63.1 Å². The number of nitrogens with zero attached hydrogens (tertiary/aromatic N) is 6. The third-order valence-electron chi connectivity index (χ3n) is 6.41. The smallest absolute Gasteiger partial charge is 0.379 e. The van der Waals surface area contributed by atoms with Gasteiger partial charge in [0.25, 0.3) is 0 Å². The maximum absolute atomic E-state index is 5.82. The molecule has 2 aliphatic heterocycles. The van der Waals surface area contributed by atoms with Crippen LogP contribution in [-0.4, -0.2) is 61.3 Å². The predicted octanol–water partition coefficient (Wildman–Crippen LogP) is 4.67. The summed E-state index contributed by atoms with van der Waals surface area (Å²) in [5.74, 6) is 0.594. The Morgan fingerprint density at radius 3 is 1.84 bits per heavy atom. The molecule has 0 aromatic heterocycles. The molecule has 178 valence electrons. The van der Waals surface area contributed by atoms with Gasteiger partial charge in [0.15, 0.2) is 5.17 Å². The van der Waals surface area contributed by atoms with Gasteiger partial charge >= 0.3 is 5.96 Å². The quantitative estimate of drug-likeness (QED) is 0.219. The fourth-order valence-electron chi connectivity index (χ4n) is 4.60. The summed E-state index contributed by atoms with van der Waals surface area (Å²) in [7, 11) is 0. The Kier molecular flexibility index (Phi) is 13.1. The predicted molar refractivity (Wildman–Crippen MR) is 142 cm³/mol. The molecule has 2 spiro atoms. The Hall–Kier alpha value is -0.780. The average Bonchev–Trinajstić information content (AvgIpc) is 3.56. The van der Waals surface area contributed by atoms with Gasteiger partial charge in [-0.15, -0.1) is 38.8 Å². The average molecular weight is 566 g/mol. The van der Waals surface area contributed by atoms with Crippen LogP contribution in [0.5, 0.6) is 0 Å². The minimum atomic E-state index is 0. The van der Waals surface area contributed by atoms with Crippen LogP contribution in [-0.2, 0) is 0 Å². The van der Waals surface area contributed by atoms with Gasteiger partial charge in [-0.25, -0.2) is 0 Å². The van der Waals surface area contributed by atoms with Crippen LogP contribution in [0, 0.1) is 10.8 Å². The monoisotopic (exact) mass is 565 g/mol. The van der Waals surface area contributed by atoms with E-state index in [9.17, 15) is 0 Å². The number of guanidine groups is 1. The second kappa shape index (κ2) is 14.4. The van der Waals surface area contributed by atoms with Crippen molar-refractivity contribution in [2.24, 2.45) is 47.6 Å². The maximum Gasteiger partial charge on any atom is 0.403 e. The highest BCUT2D eigenvalue weighted by atomic mass is 127. The summed E-state index contributed by atoms with van der Waals surface area (Å²) in [5, 5.41) is 13.2. The Balaban J connectivity index is 0.000000246. The van der Waals surface area contributed by atoms with E-state index in [1.54, 1.807) is 0 Å². The van der Waals surface area contributed by atoms with Gasteiger partial charge in [-0.05, 0) is 45.8 Å². The van der Waals surface area contributed by atoms with Gasteiger partial charge < -0.3 is 5.73 Å². The van der Waals surface area contributed by atoms with Crippen LogP contribution in [0.2, 0.25) is 0 Å². The van der Waals surface area contributed by atoms with Crippen LogP contribution < -0.4 is 11.5 Å². The van der Waals surface area contributed by atoms with Crippen molar-refractivity contribution >= 4 is 46.9 Å². The molecule has 0 atom stereocenters. The van der Waals surface area contributed by atoms with E-state index in [-0.39, 0.29) is 24.0 Å². The van der Waals surface area contributed by atoms with Crippen molar-refractivity contribution in [2.45, 2.75) is 65.2 Å². The number of halogens is 1. The van der Waals surface area contributed by atoms with Crippen LogP contribution in [0.15, 0.2) is 25.3 Å². The minimum absolute atomic E-state index is 0. The van der Waals surface area contributed by atoms with Crippen molar-refractivity contribution in [2.75, 3.05) is 45.5 Å². The molecule has 2 aliphatic carbocycles. The summed E-state index contributed by atoms with van der Waals surface area (Å²) in [5.41, 5.74) is 12.1. The first-order valence-electron chi connectivity index (χ1n) is 11.4. The normalized spacial score (nSPS) is 23.1. The van der Waals surface area contributed by atoms with Crippen molar-refractivity contribution in [3.63, 3.8) is 0 Å². The summed E-state index contributed by atoms with van der Waals surface area (Å²) >= 11 is 1.48. The van der Waals surface area contributed by atoms with Crippen LogP contribution in [0.3, 0.4) is 0 Å². The Morgan fingerprint density at radius 2 is 1.39 bits per heavy atom. The van der Waals surface area contributed by atoms with E-state index in [2.05, 4.69) is 25.3 Å². The molecule has 10 heteroatoms. The maximum atomic E-state index is 5.82. The number of amidine groups is 1. The first kappa shape index (κ1) is 28.3. The van der Waals surface area contributed by atoms with Crippen molar-refractivity contribution in [1.82, 2.24) is 0 Å². The number of hydrogen-bond acceptors (Lipinski definition) is 6. The van der Waals surface area contributed by atoms with Crippen molar-refractivity contribution in [3.8, 4) is 0 Å². The molecule has 0 unspecified atom stereocenters. The van der Waals surface area contributed by atoms with Gasteiger partial charge in [0.1, 0.15) is 13.1 Å². The van der Waals surface area contributed by atoms with E-state index in [0.717, 1.165) is 39.3 Å². The zero-order chi connectivity index (χ0) is 21.9. The molecule has 0 bridgehead atoms. The lowest BCUT2D eigenvalue weighted by molar-refractivity contribution is -0.477. The number of azo groups is 3. The molecular weight excluding hydrogens is 523 g/mol.